The van der Waals surface area contributed by atoms with Crippen LogP contribution in [0.5, 0.6) is 0 Å². The molecule has 0 aromatic carbocycles. The Kier molecular flexibility index (Phi) is 5.80. The van der Waals surface area contributed by atoms with E-state index in [2.05, 4.69) is 6.92 Å². The van der Waals surface area contributed by atoms with Gasteiger partial charge in [-0.1, -0.05) is 13.8 Å². The number of nitrogens with two attached hydrogens (primary N) is 1. The lowest BCUT2D eigenvalue weighted by atomic mass is 9.78. The van der Waals surface area contributed by atoms with E-state index in [1.165, 1.54) is 0 Å². The molecular formula is C13H25NO4S. The first-order valence-electron chi connectivity index (χ1n) is 6.97. The summed E-state index contributed by atoms with van der Waals surface area (Å²) in [5, 5.41) is -0.583. The third-order valence-electron chi connectivity index (χ3n) is 4.49. The molecule has 5 nitrogen and oxygen atoms in total. The second-order valence-corrected chi connectivity index (χ2v) is 7.61. The van der Waals surface area contributed by atoms with Crippen LogP contribution in [0.1, 0.15) is 52.4 Å². The van der Waals surface area contributed by atoms with Crippen LogP contribution in [0.2, 0.25) is 0 Å². The topological polar surface area (TPSA) is 97.5 Å². The maximum Gasteiger partial charge on any atom is 0.267 e. The van der Waals surface area contributed by atoms with E-state index in [0.29, 0.717) is 24.7 Å². The summed E-state index contributed by atoms with van der Waals surface area (Å²) in [4.78, 5) is 11.0. The minimum atomic E-state index is -3.87. The van der Waals surface area contributed by atoms with E-state index in [9.17, 15) is 13.2 Å². The van der Waals surface area contributed by atoms with Gasteiger partial charge in [0.05, 0.1) is 5.25 Å². The molecule has 0 spiro atoms. The molecule has 6 heteroatoms. The van der Waals surface area contributed by atoms with Crippen LogP contribution in [-0.2, 0) is 14.9 Å². The first-order valence-corrected chi connectivity index (χ1v) is 8.47. The number of hydrogen-bond donors (Lipinski definition) is 2. The van der Waals surface area contributed by atoms with Gasteiger partial charge in [0.15, 0.2) is 0 Å². The molecule has 1 fully saturated rings. The predicted molar refractivity (Wildman–Crippen MR) is 74.1 cm³/mol. The fraction of sp³-hybridized carbons (Fsp3) is 0.923. The molecule has 1 saturated carbocycles. The highest BCUT2D eigenvalue weighted by Gasteiger charge is 2.31. The first-order chi connectivity index (χ1) is 8.71. The standard InChI is InChI=1S/C13H25NO4S/c1-9(3-4-10(2)13(14)15)11-5-7-12(8-6-11)19(16,17)18/h9-12H,3-8H2,1-2H3,(H2,14,15)(H,16,17,18). The minimum absolute atomic E-state index is 0.100. The van der Waals surface area contributed by atoms with E-state index >= 15 is 0 Å². The zero-order chi connectivity index (χ0) is 14.6. The van der Waals surface area contributed by atoms with Gasteiger partial charge in [-0.25, -0.2) is 0 Å². The van der Waals surface area contributed by atoms with E-state index in [1.807, 2.05) is 6.92 Å². The zero-order valence-corrected chi connectivity index (χ0v) is 12.5. The zero-order valence-electron chi connectivity index (χ0n) is 11.7. The van der Waals surface area contributed by atoms with E-state index in [4.69, 9.17) is 10.3 Å². The lowest BCUT2D eigenvalue weighted by molar-refractivity contribution is -0.121. The summed E-state index contributed by atoms with van der Waals surface area (Å²) in [6.07, 6.45) is 4.46. The Balaban J connectivity index is 2.37. The molecule has 0 aromatic heterocycles. The average molecular weight is 291 g/mol. The molecule has 1 aliphatic carbocycles. The van der Waals surface area contributed by atoms with Crippen LogP contribution in [0.15, 0.2) is 0 Å². The van der Waals surface area contributed by atoms with Crippen molar-refractivity contribution in [1.29, 1.82) is 0 Å². The van der Waals surface area contributed by atoms with Gasteiger partial charge in [0, 0.05) is 5.92 Å². The molecule has 3 N–H and O–H groups in total. The van der Waals surface area contributed by atoms with Crippen LogP contribution >= 0.6 is 0 Å². The fourth-order valence-electron chi connectivity index (χ4n) is 2.85. The summed E-state index contributed by atoms with van der Waals surface area (Å²) in [5.74, 6) is 0.584. The van der Waals surface area contributed by atoms with Crippen molar-refractivity contribution in [2.24, 2.45) is 23.5 Å². The third-order valence-corrected chi connectivity index (χ3v) is 5.80. The van der Waals surface area contributed by atoms with E-state index in [-0.39, 0.29) is 11.8 Å². The molecule has 0 bridgehead atoms. The Morgan fingerprint density at radius 3 is 2.16 bits per heavy atom. The second-order valence-electron chi connectivity index (χ2n) is 5.91. The molecule has 0 aromatic rings. The monoisotopic (exact) mass is 291 g/mol. The van der Waals surface area contributed by atoms with Crippen molar-refractivity contribution in [3.05, 3.63) is 0 Å². The SMILES string of the molecule is CC(CCC(C)C1CCC(S(=O)(=O)O)CC1)C(N)=O. The molecule has 112 valence electrons. The third kappa shape index (κ3) is 5.10. The number of rotatable bonds is 6. The highest BCUT2D eigenvalue weighted by molar-refractivity contribution is 7.86. The van der Waals surface area contributed by atoms with Crippen molar-refractivity contribution in [2.75, 3.05) is 0 Å². The Hall–Kier alpha value is -0.620. The molecule has 2 unspecified atom stereocenters. The second kappa shape index (κ2) is 6.70. The molecule has 0 aliphatic heterocycles. The molecule has 1 rings (SSSR count). The van der Waals surface area contributed by atoms with E-state index < -0.39 is 15.4 Å². The van der Waals surface area contributed by atoms with Gasteiger partial charge in [0.25, 0.3) is 10.1 Å². The van der Waals surface area contributed by atoms with Gasteiger partial charge < -0.3 is 5.73 Å². The molecule has 0 radical (unpaired) electrons. The summed E-state index contributed by atoms with van der Waals surface area (Å²) in [5.41, 5.74) is 5.23. The summed E-state index contributed by atoms with van der Waals surface area (Å²) in [6.45, 7) is 3.98. The van der Waals surface area contributed by atoms with Crippen LogP contribution in [0.4, 0.5) is 0 Å². The van der Waals surface area contributed by atoms with Crippen molar-refractivity contribution in [2.45, 2.75) is 57.6 Å². The van der Waals surface area contributed by atoms with Crippen LogP contribution < -0.4 is 5.73 Å². The van der Waals surface area contributed by atoms with Gasteiger partial charge in [-0.15, -0.1) is 0 Å². The maximum atomic E-state index is 11.1. The van der Waals surface area contributed by atoms with Crippen molar-refractivity contribution in [1.82, 2.24) is 0 Å². The first kappa shape index (κ1) is 16.4. The van der Waals surface area contributed by atoms with Crippen molar-refractivity contribution in [3.63, 3.8) is 0 Å². The highest BCUT2D eigenvalue weighted by Crippen LogP contribution is 2.35. The fourth-order valence-corrected chi connectivity index (χ4v) is 3.71. The molecule has 1 amide bonds. The highest BCUT2D eigenvalue weighted by atomic mass is 32.2. The Labute approximate surface area is 115 Å². The number of hydrogen-bond acceptors (Lipinski definition) is 3. The van der Waals surface area contributed by atoms with Gasteiger partial charge >= 0.3 is 0 Å². The maximum absolute atomic E-state index is 11.1. The number of carbonyl (C=O) groups excluding carboxylic acids is 1. The van der Waals surface area contributed by atoms with E-state index in [1.54, 1.807) is 0 Å². The van der Waals surface area contributed by atoms with Gasteiger partial charge in [-0.05, 0) is 50.4 Å². The van der Waals surface area contributed by atoms with Gasteiger partial charge in [0.2, 0.25) is 5.91 Å². The smallest absolute Gasteiger partial charge is 0.267 e. The van der Waals surface area contributed by atoms with Crippen LogP contribution in [0, 0.1) is 17.8 Å². The summed E-state index contributed by atoms with van der Waals surface area (Å²) >= 11 is 0. The minimum Gasteiger partial charge on any atom is -0.369 e. The molecule has 0 saturated heterocycles. The average Bonchev–Trinajstić information content (AvgIpc) is 2.34. The van der Waals surface area contributed by atoms with Crippen LogP contribution in [-0.4, -0.2) is 24.1 Å². The lowest BCUT2D eigenvalue weighted by Gasteiger charge is -2.31. The molecule has 2 atom stereocenters. The van der Waals surface area contributed by atoms with Gasteiger partial charge in [-0.3, -0.25) is 9.35 Å². The number of amides is 1. The molecular weight excluding hydrogens is 266 g/mol. The van der Waals surface area contributed by atoms with Crippen LogP contribution in [0.3, 0.4) is 0 Å². The van der Waals surface area contributed by atoms with E-state index in [0.717, 1.165) is 25.7 Å². The molecule has 0 heterocycles. The van der Waals surface area contributed by atoms with Crippen LogP contribution in [0.25, 0.3) is 0 Å². The number of carbonyl (C=O) groups is 1. The summed E-state index contributed by atoms with van der Waals surface area (Å²) in [6, 6.07) is 0. The normalized spacial score (nSPS) is 27.7. The largest absolute Gasteiger partial charge is 0.369 e. The Morgan fingerprint density at radius 2 is 1.74 bits per heavy atom. The quantitative estimate of drug-likeness (QED) is 0.731. The predicted octanol–water partition coefficient (Wildman–Crippen LogP) is 1.97. The van der Waals surface area contributed by atoms with Gasteiger partial charge in [-0.2, -0.15) is 8.42 Å². The Morgan fingerprint density at radius 1 is 1.21 bits per heavy atom. The Bertz CT molecular complexity index is 399. The summed E-state index contributed by atoms with van der Waals surface area (Å²) < 4.78 is 31.1. The van der Waals surface area contributed by atoms with Crippen molar-refractivity contribution >= 4 is 16.0 Å². The van der Waals surface area contributed by atoms with Crippen molar-refractivity contribution < 1.29 is 17.8 Å². The number of primary amides is 1. The van der Waals surface area contributed by atoms with Crippen molar-refractivity contribution in [3.8, 4) is 0 Å². The summed E-state index contributed by atoms with van der Waals surface area (Å²) in [7, 11) is -3.87. The lowest BCUT2D eigenvalue weighted by Crippen LogP contribution is -2.29. The van der Waals surface area contributed by atoms with Gasteiger partial charge in [0.1, 0.15) is 0 Å². The molecule has 19 heavy (non-hydrogen) atoms. The molecule has 1 aliphatic rings.